The number of carbonyl (C=O) groups excluding carboxylic acids is 2. The van der Waals surface area contributed by atoms with E-state index >= 15 is 0 Å². The quantitative estimate of drug-likeness (QED) is 0.657. The number of nitrogens with one attached hydrogen (secondary N) is 2. The van der Waals surface area contributed by atoms with Crippen molar-refractivity contribution in [3.05, 3.63) is 78.1 Å². The second kappa shape index (κ2) is 8.66. The van der Waals surface area contributed by atoms with Crippen LogP contribution in [0.2, 0.25) is 0 Å². The molecule has 0 unspecified atom stereocenters. The Morgan fingerprint density at radius 3 is 2.48 bits per heavy atom. The van der Waals surface area contributed by atoms with E-state index in [4.69, 9.17) is 4.74 Å². The molecule has 0 atom stereocenters. The highest BCUT2D eigenvalue weighted by Gasteiger charge is 2.10. The molecule has 2 N–H and O–H groups in total. The minimum absolute atomic E-state index is 0.108. The molecule has 0 bridgehead atoms. The molecule has 0 saturated heterocycles. The number of carbonyl (C=O) groups is 2. The van der Waals surface area contributed by atoms with Crippen molar-refractivity contribution in [3.63, 3.8) is 0 Å². The van der Waals surface area contributed by atoms with Crippen LogP contribution in [0.25, 0.3) is 5.69 Å². The molecule has 27 heavy (non-hydrogen) atoms. The molecule has 1 heterocycles. The van der Waals surface area contributed by atoms with Gasteiger partial charge in [0.1, 0.15) is 5.75 Å². The first kappa shape index (κ1) is 18.2. The van der Waals surface area contributed by atoms with Gasteiger partial charge in [0.05, 0.1) is 24.9 Å². The Bertz CT molecular complexity index is 904. The summed E-state index contributed by atoms with van der Waals surface area (Å²) in [6.45, 7) is 2.45. The van der Waals surface area contributed by atoms with E-state index in [2.05, 4.69) is 16.0 Å². The lowest BCUT2D eigenvalue weighted by Gasteiger charge is -2.08. The van der Waals surface area contributed by atoms with Crippen molar-refractivity contribution < 1.29 is 14.3 Å². The summed E-state index contributed by atoms with van der Waals surface area (Å²) in [7, 11) is 0. The third kappa shape index (κ3) is 4.94. The monoisotopic (exact) mass is 364 g/mol. The van der Waals surface area contributed by atoms with Gasteiger partial charge in [-0.3, -0.25) is 20.4 Å². The van der Waals surface area contributed by atoms with Crippen LogP contribution in [0.15, 0.2) is 67.0 Å². The summed E-state index contributed by atoms with van der Waals surface area (Å²) in [4.78, 5) is 24.1. The molecule has 0 fully saturated rings. The summed E-state index contributed by atoms with van der Waals surface area (Å²) >= 11 is 0. The molecule has 7 heteroatoms. The lowest BCUT2D eigenvalue weighted by atomic mass is 10.2. The third-order valence-electron chi connectivity index (χ3n) is 3.76. The van der Waals surface area contributed by atoms with Gasteiger partial charge in [-0.05, 0) is 48.9 Å². The highest BCUT2D eigenvalue weighted by Crippen LogP contribution is 2.12. The van der Waals surface area contributed by atoms with Gasteiger partial charge < -0.3 is 4.74 Å². The molecular formula is C20H20N4O3. The van der Waals surface area contributed by atoms with E-state index in [1.165, 1.54) is 0 Å². The minimum Gasteiger partial charge on any atom is -0.494 e. The average Bonchev–Trinajstić information content (AvgIpc) is 3.16. The molecule has 0 aliphatic carbocycles. The van der Waals surface area contributed by atoms with Crippen molar-refractivity contribution in [2.24, 2.45) is 0 Å². The fraction of sp³-hybridized carbons (Fsp3) is 0.150. The van der Waals surface area contributed by atoms with Crippen LogP contribution in [0.3, 0.4) is 0 Å². The number of hydrogen-bond donors (Lipinski definition) is 2. The second-order valence-electron chi connectivity index (χ2n) is 5.77. The summed E-state index contributed by atoms with van der Waals surface area (Å²) in [6, 6.07) is 16.3. The lowest BCUT2D eigenvalue weighted by molar-refractivity contribution is -0.121. The number of amides is 2. The second-order valence-corrected chi connectivity index (χ2v) is 5.77. The Morgan fingerprint density at radius 2 is 1.78 bits per heavy atom. The van der Waals surface area contributed by atoms with Crippen molar-refractivity contribution in [1.82, 2.24) is 20.6 Å². The van der Waals surface area contributed by atoms with Gasteiger partial charge in [-0.25, -0.2) is 4.68 Å². The first-order valence-electron chi connectivity index (χ1n) is 8.56. The molecule has 2 aromatic carbocycles. The zero-order chi connectivity index (χ0) is 19.1. The van der Waals surface area contributed by atoms with Gasteiger partial charge in [-0.15, -0.1) is 0 Å². The van der Waals surface area contributed by atoms with E-state index < -0.39 is 5.91 Å². The molecule has 2 amide bonds. The predicted octanol–water partition coefficient (Wildman–Crippen LogP) is 2.27. The molecule has 0 radical (unpaired) electrons. The Labute approximate surface area is 156 Å². The Kier molecular flexibility index (Phi) is 5.84. The first-order valence-corrected chi connectivity index (χ1v) is 8.56. The molecule has 1 aromatic heterocycles. The molecule has 0 aliphatic heterocycles. The van der Waals surface area contributed by atoms with Crippen LogP contribution >= 0.6 is 0 Å². The molecule has 0 spiro atoms. The van der Waals surface area contributed by atoms with Crippen LogP contribution in [-0.4, -0.2) is 28.2 Å². The fourth-order valence-corrected chi connectivity index (χ4v) is 2.47. The van der Waals surface area contributed by atoms with Crippen LogP contribution in [-0.2, 0) is 11.2 Å². The molecule has 3 aromatic rings. The van der Waals surface area contributed by atoms with Gasteiger partial charge in [0.15, 0.2) is 0 Å². The molecule has 0 aliphatic rings. The molecular weight excluding hydrogens is 344 g/mol. The average molecular weight is 364 g/mol. The third-order valence-corrected chi connectivity index (χ3v) is 3.76. The number of benzene rings is 2. The highest BCUT2D eigenvalue weighted by molar-refractivity contribution is 5.95. The van der Waals surface area contributed by atoms with E-state index in [-0.39, 0.29) is 12.3 Å². The van der Waals surface area contributed by atoms with E-state index in [0.717, 1.165) is 11.3 Å². The maximum Gasteiger partial charge on any atom is 0.269 e. The molecule has 0 saturated carbocycles. The highest BCUT2D eigenvalue weighted by atomic mass is 16.5. The van der Waals surface area contributed by atoms with Crippen LogP contribution in [0.4, 0.5) is 0 Å². The number of nitrogens with zero attached hydrogens (tertiary/aromatic N) is 2. The van der Waals surface area contributed by atoms with Gasteiger partial charge >= 0.3 is 0 Å². The van der Waals surface area contributed by atoms with Gasteiger partial charge in [-0.1, -0.05) is 18.2 Å². The smallest absolute Gasteiger partial charge is 0.269 e. The Morgan fingerprint density at radius 1 is 1.04 bits per heavy atom. The standard InChI is InChI=1S/C20H20N4O3/c1-2-27-18-10-8-16(9-11-18)20(26)23-22-19(25)12-15-13-21-24(14-15)17-6-4-3-5-7-17/h3-11,13-14H,2,12H2,1H3,(H,22,25)(H,23,26). The van der Waals surface area contributed by atoms with Crippen LogP contribution in [0, 0.1) is 0 Å². The van der Waals surface area contributed by atoms with Crippen molar-refractivity contribution in [1.29, 1.82) is 0 Å². The van der Waals surface area contributed by atoms with Crippen molar-refractivity contribution in [2.75, 3.05) is 6.61 Å². The van der Waals surface area contributed by atoms with E-state index in [0.29, 0.717) is 17.9 Å². The number of aromatic nitrogens is 2. The van der Waals surface area contributed by atoms with Crippen molar-refractivity contribution >= 4 is 11.8 Å². The fourth-order valence-electron chi connectivity index (χ4n) is 2.47. The van der Waals surface area contributed by atoms with E-state index in [1.54, 1.807) is 41.3 Å². The summed E-state index contributed by atoms with van der Waals surface area (Å²) in [6.07, 6.45) is 3.51. The SMILES string of the molecule is CCOc1ccc(C(=O)NNC(=O)Cc2cnn(-c3ccccc3)c2)cc1. The van der Waals surface area contributed by atoms with Gasteiger partial charge in [0.25, 0.3) is 5.91 Å². The Hall–Kier alpha value is -3.61. The molecule has 138 valence electrons. The van der Waals surface area contributed by atoms with Gasteiger partial charge in [-0.2, -0.15) is 5.10 Å². The summed E-state index contributed by atoms with van der Waals surface area (Å²) in [5.74, 6) is -0.0400. The van der Waals surface area contributed by atoms with Crippen LogP contribution in [0.1, 0.15) is 22.8 Å². The Balaban J connectivity index is 1.51. The normalized spacial score (nSPS) is 10.3. The molecule has 3 rings (SSSR count). The van der Waals surface area contributed by atoms with Crippen LogP contribution in [0.5, 0.6) is 5.75 Å². The summed E-state index contributed by atoms with van der Waals surface area (Å²) < 4.78 is 7.03. The van der Waals surface area contributed by atoms with Gasteiger partial charge in [0, 0.05) is 11.8 Å². The zero-order valence-corrected chi connectivity index (χ0v) is 14.9. The number of rotatable bonds is 6. The van der Waals surface area contributed by atoms with Gasteiger partial charge in [0.2, 0.25) is 5.91 Å². The number of ether oxygens (including phenoxy) is 1. The predicted molar refractivity (Wildman–Crippen MR) is 100 cm³/mol. The van der Waals surface area contributed by atoms with E-state index in [9.17, 15) is 9.59 Å². The maximum atomic E-state index is 12.1. The summed E-state index contributed by atoms with van der Waals surface area (Å²) in [5, 5.41) is 4.24. The van der Waals surface area contributed by atoms with Crippen molar-refractivity contribution in [3.8, 4) is 11.4 Å². The largest absolute Gasteiger partial charge is 0.494 e. The van der Waals surface area contributed by atoms with Crippen molar-refractivity contribution in [2.45, 2.75) is 13.3 Å². The number of para-hydroxylation sites is 1. The topological polar surface area (TPSA) is 85.2 Å². The minimum atomic E-state index is -0.397. The maximum absolute atomic E-state index is 12.1. The van der Waals surface area contributed by atoms with E-state index in [1.807, 2.05) is 37.3 Å². The molecule has 7 nitrogen and oxygen atoms in total. The zero-order valence-electron chi connectivity index (χ0n) is 14.9. The van der Waals surface area contributed by atoms with Crippen LogP contribution < -0.4 is 15.6 Å². The number of hydrogen-bond acceptors (Lipinski definition) is 4. The first-order chi connectivity index (χ1) is 13.2. The lowest BCUT2D eigenvalue weighted by Crippen LogP contribution is -2.42. The summed E-state index contributed by atoms with van der Waals surface area (Å²) in [5.41, 5.74) is 6.89. The number of hydrazine groups is 1.